The van der Waals surface area contributed by atoms with Crippen molar-refractivity contribution in [2.24, 2.45) is 4.99 Å². The Kier molecular flexibility index (Phi) is 8.30. The minimum atomic E-state index is -0.314. The predicted octanol–water partition coefficient (Wildman–Crippen LogP) is 8.27. The number of hydrogen-bond acceptors (Lipinski definition) is 5. The number of anilines is 1. The highest BCUT2D eigenvalue weighted by atomic mass is 35.5. The van der Waals surface area contributed by atoms with Crippen LogP contribution in [0.2, 0.25) is 5.02 Å². The fraction of sp³-hybridized carbons (Fsp3) is 0.0968. The Balaban J connectivity index is 1.47. The van der Waals surface area contributed by atoms with Crippen LogP contribution in [0, 0.1) is 5.82 Å². The van der Waals surface area contributed by atoms with Crippen molar-refractivity contribution in [3.63, 3.8) is 0 Å². The number of para-hydroxylation sites is 2. The van der Waals surface area contributed by atoms with E-state index in [1.165, 1.54) is 23.9 Å². The molecule has 196 valence electrons. The molecule has 1 fully saturated rings. The summed E-state index contributed by atoms with van der Waals surface area (Å²) in [5.74, 6) is 0.332. The highest BCUT2D eigenvalue weighted by Gasteiger charge is 2.34. The maximum atomic E-state index is 13.6. The summed E-state index contributed by atoms with van der Waals surface area (Å²) >= 11 is 7.92. The summed E-state index contributed by atoms with van der Waals surface area (Å²) in [5.41, 5.74) is 2.95. The summed E-state index contributed by atoms with van der Waals surface area (Å²) in [6, 6.07) is 28.5. The molecular weight excluding hydrogens is 535 g/mol. The number of aliphatic imine (C=N–C) groups is 1. The molecule has 0 saturated carbocycles. The van der Waals surface area contributed by atoms with E-state index in [0.717, 1.165) is 16.9 Å². The first-order chi connectivity index (χ1) is 19.0. The second-order valence-corrected chi connectivity index (χ2v) is 9.91. The lowest BCUT2D eigenvalue weighted by Gasteiger charge is -2.15. The van der Waals surface area contributed by atoms with E-state index < -0.39 is 0 Å². The van der Waals surface area contributed by atoms with Crippen molar-refractivity contribution in [3.05, 3.63) is 124 Å². The third kappa shape index (κ3) is 6.33. The van der Waals surface area contributed by atoms with Crippen molar-refractivity contribution in [1.82, 2.24) is 0 Å². The van der Waals surface area contributed by atoms with Crippen molar-refractivity contribution in [1.29, 1.82) is 0 Å². The van der Waals surface area contributed by atoms with Crippen LogP contribution in [0.4, 0.5) is 15.8 Å². The van der Waals surface area contributed by atoms with Crippen LogP contribution in [0.1, 0.15) is 18.1 Å². The molecule has 1 saturated heterocycles. The van der Waals surface area contributed by atoms with Crippen molar-refractivity contribution >= 4 is 51.9 Å². The number of carbonyl (C=O) groups excluding carboxylic acids is 1. The minimum Gasteiger partial charge on any atom is -0.490 e. The van der Waals surface area contributed by atoms with Gasteiger partial charge in [-0.25, -0.2) is 9.38 Å². The highest BCUT2D eigenvalue weighted by molar-refractivity contribution is 8.19. The predicted molar refractivity (Wildman–Crippen MR) is 156 cm³/mol. The Morgan fingerprint density at radius 3 is 2.33 bits per heavy atom. The molecule has 0 radical (unpaired) electrons. The van der Waals surface area contributed by atoms with Gasteiger partial charge in [-0.15, -0.1) is 0 Å². The molecule has 1 aliphatic heterocycles. The zero-order chi connectivity index (χ0) is 27.2. The number of benzene rings is 4. The van der Waals surface area contributed by atoms with Crippen LogP contribution in [0.25, 0.3) is 6.08 Å². The molecule has 0 spiro atoms. The number of carbonyl (C=O) groups is 1. The van der Waals surface area contributed by atoms with Crippen molar-refractivity contribution in [2.45, 2.75) is 13.5 Å². The van der Waals surface area contributed by atoms with Gasteiger partial charge in [-0.2, -0.15) is 0 Å². The Hall–Kier alpha value is -4.07. The SMILES string of the molecule is CCOc1cc(/C=C2/SC(=Nc3ccccc3)N(c3ccccc3)C2=O)cc(Cl)c1OCc1ccc(F)cc1. The van der Waals surface area contributed by atoms with Gasteiger partial charge in [-0.05, 0) is 84.4 Å². The number of rotatable bonds is 8. The fourth-order valence-electron chi connectivity index (χ4n) is 3.93. The Labute approximate surface area is 235 Å². The summed E-state index contributed by atoms with van der Waals surface area (Å²) in [5, 5.41) is 0.891. The Morgan fingerprint density at radius 1 is 0.949 bits per heavy atom. The van der Waals surface area contributed by atoms with Crippen molar-refractivity contribution in [2.75, 3.05) is 11.5 Å². The van der Waals surface area contributed by atoms with Crippen LogP contribution in [0.3, 0.4) is 0 Å². The summed E-state index contributed by atoms with van der Waals surface area (Å²) in [7, 11) is 0. The van der Waals surface area contributed by atoms with E-state index in [1.807, 2.05) is 67.6 Å². The fourth-order valence-corrected chi connectivity index (χ4v) is 5.20. The average molecular weight is 559 g/mol. The van der Waals surface area contributed by atoms with Crippen LogP contribution >= 0.6 is 23.4 Å². The normalized spacial score (nSPS) is 15.3. The van der Waals surface area contributed by atoms with Gasteiger partial charge in [0, 0.05) is 0 Å². The zero-order valence-corrected chi connectivity index (χ0v) is 22.6. The molecule has 1 aliphatic rings. The van der Waals surface area contributed by atoms with Gasteiger partial charge in [-0.1, -0.05) is 60.1 Å². The first-order valence-electron chi connectivity index (χ1n) is 12.3. The zero-order valence-electron chi connectivity index (χ0n) is 21.0. The number of hydrogen-bond donors (Lipinski definition) is 0. The van der Waals surface area contributed by atoms with Crippen molar-refractivity contribution in [3.8, 4) is 11.5 Å². The monoisotopic (exact) mass is 558 g/mol. The topological polar surface area (TPSA) is 51.1 Å². The molecule has 1 heterocycles. The lowest BCUT2D eigenvalue weighted by Crippen LogP contribution is -2.28. The van der Waals surface area contributed by atoms with E-state index in [2.05, 4.69) is 0 Å². The quantitative estimate of drug-likeness (QED) is 0.204. The van der Waals surface area contributed by atoms with Gasteiger partial charge in [0.2, 0.25) is 0 Å². The highest BCUT2D eigenvalue weighted by Crippen LogP contribution is 2.41. The van der Waals surface area contributed by atoms with Crippen LogP contribution in [0.5, 0.6) is 11.5 Å². The number of amidine groups is 1. The number of thioether (sulfide) groups is 1. The van der Waals surface area contributed by atoms with Crippen molar-refractivity contribution < 1.29 is 18.7 Å². The van der Waals surface area contributed by atoms with E-state index in [4.69, 9.17) is 26.1 Å². The summed E-state index contributed by atoms with van der Waals surface area (Å²) in [4.78, 5) is 20.4. The number of ether oxygens (including phenoxy) is 2. The van der Waals surface area contributed by atoms with Gasteiger partial charge in [0.15, 0.2) is 16.7 Å². The number of amides is 1. The molecule has 0 atom stereocenters. The standard InChI is InChI=1S/C31H24ClFN2O3S/c1-2-37-27-18-22(17-26(32)29(27)38-20-21-13-15-23(33)16-14-21)19-28-30(36)35(25-11-7-4-8-12-25)31(39-28)34-24-9-5-3-6-10-24/h3-19H,2,20H2,1H3/b28-19+,34-31?. The Morgan fingerprint density at radius 2 is 1.64 bits per heavy atom. The van der Waals surface area contributed by atoms with Crippen LogP contribution in [0.15, 0.2) is 107 Å². The Bertz CT molecular complexity index is 1530. The van der Waals surface area contributed by atoms with E-state index in [-0.39, 0.29) is 18.3 Å². The largest absolute Gasteiger partial charge is 0.490 e. The minimum absolute atomic E-state index is 0.188. The molecule has 5 nitrogen and oxygen atoms in total. The third-order valence-electron chi connectivity index (χ3n) is 5.73. The molecule has 0 N–H and O–H groups in total. The lowest BCUT2D eigenvalue weighted by atomic mass is 10.1. The molecule has 0 unspecified atom stereocenters. The molecule has 5 rings (SSSR count). The molecule has 8 heteroatoms. The van der Waals surface area contributed by atoms with Gasteiger partial charge < -0.3 is 9.47 Å². The van der Waals surface area contributed by atoms with Gasteiger partial charge in [0.05, 0.1) is 27.9 Å². The molecule has 0 bridgehead atoms. The molecule has 0 aliphatic carbocycles. The van der Waals surface area contributed by atoms with E-state index in [0.29, 0.717) is 38.8 Å². The number of halogens is 2. The third-order valence-corrected chi connectivity index (χ3v) is 6.98. The summed E-state index contributed by atoms with van der Waals surface area (Å²) in [6.07, 6.45) is 1.77. The summed E-state index contributed by atoms with van der Waals surface area (Å²) < 4.78 is 25.0. The molecular formula is C31H24ClFN2O3S. The van der Waals surface area contributed by atoms with Crippen LogP contribution in [-0.4, -0.2) is 17.7 Å². The molecule has 1 amide bonds. The smallest absolute Gasteiger partial charge is 0.271 e. The molecule has 4 aromatic carbocycles. The van der Waals surface area contributed by atoms with Gasteiger partial charge in [0.1, 0.15) is 12.4 Å². The van der Waals surface area contributed by atoms with Crippen LogP contribution in [-0.2, 0) is 11.4 Å². The summed E-state index contributed by atoms with van der Waals surface area (Å²) in [6.45, 7) is 2.45. The first kappa shape index (κ1) is 26.5. The van der Waals surface area contributed by atoms with E-state index in [1.54, 1.807) is 35.2 Å². The maximum Gasteiger partial charge on any atom is 0.271 e. The number of nitrogens with zero attached hydrogens (tertiary/aromatic N) is 2. The van der Waals surface area contributed by atoms with Crippen LogP contribution < -0.4 is 14.4 Å². The molecule has 39 heavy (non-hydrogen) atoms. The van der Waals surface area contributed by atoms with Gasteiger partial charge in [-0.3, -0.25) is 9.69 Å². The first-order valence-corrected chi connectivity index (χ1v) is 13.5. The van der Waals surface area contributed by atoms with E-state index in [9.17, 15) is 9.18 Å². The van der Waals surface area contributed by atoms with Gasteiger partial charge in [0.25, 0.3) is 5.91 Å². The maximum absolute atomic E-state index is 13.6. The molecule has 0 aromatic heterocycles. The molecule has 4 aromatic rings. The second-order valence-electron chi connectivity index (χ2n) is 8.49. The van der Waals surface area contributed by atoms with E-state index >= 15 is 0 Å². The van der Waals surface area contributed by atoms with Gasteiger partial charge >= 0.3 is 0 Å². The lowest BCUT2D eigenvalue weighted by molar-refractivity contribution is -0.113. The second kappa shape index (κ2) is 12.2. The average Bonchev–Trinajstić information content (AvgIpc) is 3.24.